The molecule has 2 aromatic rings. The van der Waals surface area contributed by atoms with Gasteiger partial charge in [0.25, 0.3) is 0 Å². The molecule has 1 aliphatic heterocycles. The van der Waals surface area contributed by atoms with Crippen LogP contribution in [0.3, 0.4) is 0 Å². The minimum atomic E-state index is -0.471. The molecule has 0 bridgehead atoms. The molecule has 1 aliphatic rings. The Hall–Kier alpha value is -2.28. The zero-order valence-electron chi connectivity index (χ0n) is 11.7. The average Bonchev–Trinajstić information content (AvgIpc) is 3.17. The van der Waals surface area contributed by atoms with E-state index in [9.17, 15) is 4.79 Å². The predicted octanol–water partition coefficient (Wildman–Crippen LogP) is 1.48. The van der Waals surface area contributed by atoms with Crippen LogP contribution in [0.15, 0.2) is 24.5 Å². The molecule has 0 aromatic carbocycles. The summed E-state index contributed by atoms with van der Waals surface area (Å²) in [4.78, 5) is 16.2. The third-order valence-electron chi connectivity index (χ3n) is 3.35. The normalized spacial score (nSPS) is 17.9. The monoisotopic (exact) mass is 288 g/mol. The van der Waals surface area contributed by atoms with Gasteiger partial charge in [-0.1, -0.05) is 5.21 Å². The number of pyridine rings is 1. The summed E-state index contributed by atoms with van der Waals surface area (Å²) in [6, 6.07) is 3.77. The number of nitrogens with zero attached hydrogens (tertiary/aromatic N) is 4. The average molecular weight is 288 g/mol. The molecule has 0 saturated carbocycles. The maximum Gasteiger partial charge on any atom is 0.361 e. The molecule has 3 heterocycles. The summed E-state index contributed by atoms with van der Waals surface area (Å²) in [5.41, 5.74) is 1.64. The van der Waals surface area contributed by atoms with Crippen molar-refractivity contribution in [2.75, 3.05) is 19.8 Å². The van der Waals surface area contributed by atoms with Crippen molar-refractivity contribution in [2.45, 2.75) is 19.4 Å². The van der Waals surface area contributed by atoms with Crippen LogP contribution < -0.4 is 0 Å². The fourth-order valence-corrected chi connectivity index (χ4v) is 2.37. The molecule has 7 heteroatoms. The van der Waals surface area contributed by atoms with Gasteiger partial charge in [0.05, 0.1) is 19.3 Å². The highest BCUT2D eigenvalue weighted by molar-refractivity contribution is 5.94. The lowest BCUT2D eigenvalue weighted by atomic mass is 10.1. The Bertz CT molecular complexity index is 620. The van der Waals surface area contributed by atoms with Crippen molar-refractivity contribution in [1.82, 2.24) is 20.0 Å². The van der Waals surface area contributed by atoms with Crippen LogP contribution in [0.5, 0.6) is 0 Å². The smallest absolute Gasteiger partial charge is 0.361 e. The quantitative estimate of drug-likeness (QED) is 0.793. The lowest BCUT2D eigenvalue weighted by Crippen LogP contribution is -2.13. The Morgan fingerprint density at radius 3 is 3.14 bits per heavy atom. The maximum absolute atomic E-state index is 12.1. The molecule has 1 saturated heterocycles. The van der Waals surface area contributed by atoms with Gasteiger partial charge in [-0.05, 0) is 25.5 Å². The van der Waals surface area contributed by atoms with Gasteiger partial charge in [-0.15, -0.1) is 5.10 Å². The Morgan fingerprint density at radius 2 is 2.48 bits per heavy atom. The van der Waals surface area contributed by atoms with Crippen LogP contribution in [0.4, 0.5) is 0 Å². The molecule has 2 aromatic heterocycles. The Kier molecular flexibility index (Phi) is 3.92. The minimum Gasteiger partial charge on any atom is -0.461 e. The second kappa shape index (κ2) is 6.01. The molecule has 21 heavy (non-hydrogen) atoms. The van der Waals surface area contributed by atoms with Crippen molar-refractivity contribution < 1.29 is 14.3 Å². The number of carbonyl (C=O) groups is 1. The van der Waals surface area contributed by atoms with Crippen molar-refractivity contribution in [1.29, 1.82) is 0 Å². The topological polar surface area (TPSA) is 79.1 Å². The first-order chi connectivity index (χ1) is 10.3. The van der Waals surface area contributed by atoms with E-state index in [-0.39, 0.29) is 11.7 Å². The lowest BCUT2D eigenvalue weighted by Gasteiger charge is -2.12. The summed E-state index contributed by atoms with van der Waals surface area (Å²) < 4.78 is 12.2. The van der Waals surface area contributed by atoms with E-state index in [1.807, 2.05) is 12.1 Å². The molecule has 0 N–H and O–H groups in total. The van der Waals surface area contributed by atoms with Gasteiger partial charge in [-0.25, -0.2) is 9.48 Å². The Balaban J connectivity index is 2.07. The number of esters is 1. The van der Waals surface area contributed by atoms with Crippen molar-refractivity contribution >= 4 is 5.97 Å². The largest absolute Gasteiger partial charge is 0.461 e. The van der Waals surface area contributed by atoms with E-state index in [0.29, 0.717) is 25.5 Å². The number of hydrogen-bond donors (Lipinski definition) is 0. The molecule has 0 radical (unpaired) electrons. The van der Waals surface area contributed by atoms with Gasteiger partial charge in [0.15, 0.2) is 5.69 Å². The van der Waals surface area contributed by atoms with Gasteiger partial charge in [-0.3, -0.25) is 4.98 Å². The lowest BCUT2D eigenvalue weighted by molar-refractivity contribution is 0.0520. The third kappa shape index (κ3) is 2.64. The number of ether oxygens (including phenoxy) is 2. The van der Waals surface area contributed by atoms with Crippen molar-refractivity contribution in [2.24, 2.45) is 0 Å². The van der Waals surface area contributed by atoms with Gasteiger partial charge in [-0.2, -0.15) is 0 Å². The molecule has 110 valence electrons. The second-order valence-corrected chi connectivity index (χ2v) is 4.71. The Labute approximate surface area is 121 Å². The van der Waals surface area contributed by atoms with Crippen LogP contribution in [0.25, 0.3) is 11.3 Å². The molecule has 3 rings (SSSR count). The fraction of sp³-hybridized carbons (Fsp3) is 0.429. The van der Waals surface area contributed by atoms with Crippen LogP contribution >= 0.6 is 0 Å². The predicted molar refractivity (Wildman–Crippen MR) is 73.7 cm³/mol. The first kappa shape index (κ1) is 13.7. The van der Waals surface area contributed by atoms with Crippen molar-refractivity contribution in [3.8, 4) is 11.3 Å². The molecule has 0 aliphatic carbocycles. The second-order valence-electron chi connectivity index (χ2n) is 4.71. The van der Waals surface area contributed by atoms with Crippen LogP contribution in [-0.4, -0.2) is 45.8 Å². The first-order valence-electron chi connectivity index (χ1n) is 6.91. The van der Waals surface area contributed by atoms with Gasteiger partial charge in [0.2, 0.25) is 0 Å². The third-order valence-corrected chi connectivity index (χ3v) is 3.35. The zero-order valence-corrected chi connectivity index (χ0v) is 11.7. The maximum atomic E-state index is 12.1. The van der Waals surface area contributed by atoms with Crippen molar-refractivity contribution in [3.63, 3.8) is 0 Å². The van der Waals surface area contributed by atoms with E-state index in [1.165, 1.54) is 0 Å². The van der Waals surface area contributed by atoms with E-state index < -0.39 is 5.97 Å². The highest BCUT2D eigenvalue weighted by Crippen LogP contribution is 2.28. The zero-order chi connectivity index (χ0) is 14.7. The van der Waals surface area contributed by atoms with E-state index >= 15 is 0 Å². The summed E-state index contributed by atoms with van der Waals surface area (Å²) in [6.45, 7) is 3.31. The van der Waals surface area contributed by atoms with E-state index in [4.69, 9.17) is 9.47 Å². The van der Waals surface area contributed by atoms with Crippen LogP contribution in [-0.2, 0) is 9.47 Å². The van der Waals surface area contributed by atoms with Crippen LogP contribution in [0.2, 0.25) is 0 Å². The molecule has 1 fully saturated rings. The minimum absolute atomic E-state index is 0.0795. The fourth-order valence-electron chi connectivity index (χ4n) is 2.37. The molecular formula is C14H16N4O3. The number of aromatic nitrogens is 4. The summed E-state index contributed by atoms with van der Waals surface area (Å²) in [6.07, 6.45) is 4.22. The van der Waals surface area contributed by atoms with Gasteiger partial charge in [0.1, 0.15) is 5.69 Å². The first-order valence-corrected chi connectivity index (χ1v) is 6.91. The molecule has 0 amide bonds. The highest BCUT2D eigenvalue weighted by atomic mass is 16.5. The van der Waals surface area contributed by atoms with Gasteiger partial charge in [0, 0.05) is 24.6 Å². The van der Waals surface area contributed by atoms with Crippen molar-refractivity contribution in [3.05, 3.63) is 30.2 Å². The molecule has 7 nitrogen and oxygen atoms in total. The molecule has 0 spiro atoms. The number of rotatable bonds is 4. The summed E-state index contributed by atoms with van der Waals surface area (Å²) in [5.74, 6) is -0.471. The van der Waals surface area contributed by atoms with Gasteiger partial charge < -0.3 is 9.47 Å². The van der Waals surface area contributed by atoms with Crippen LogP contribution in [0.1, 0.15) is 29.9 Å². The molecule has 1 unspecified atom stereocenters. The highest BCUT2D eigenvalue weighted by Gasteiger charge is 2.28. The van der Waals surface area contributed by atoms with E-state index in [0.717, 1.165) is 12.0 Å². The molecule has 1 atom stereocenters. The number of hydrogen-bond acceptors (Lipinski definition) is 6. The van der Waals surface area contributed by atoms with E-state index in [2.05, 4.69) is 15.3 Å². The Morgan fingerprint density at radius 1 is 1.57 bits per heavy atom. The summed E-state index contributed by atoms with van der Waals surface area (Å²) >= 11 is 0. The summed E-state index contributed by atoms with van der Waals surface area (Å²) in [7, 11) is 0. The summed E-state index contributed by atoms with van der Waals surface area (Å²) in [5, 5.41) is 8.15. The van der Waals surface area contributed by atoms with Gasteiger partial charge >= 0.3 is 5.97 Å². The number of carbonyl (C=O) groups excluding carboxylic acids is 1. The van der Waals surface area contributed by atoms with Crippen LogP contribution in [0, 0.1) is 0 Å². The standard InChI is InChI=1S/C14H16N4O3/c1-2-21-14(19)12-13(10-4-3-6-15-8-10)18(17-16-12)11-5-7-20-9-11/h3-4,6,8,11H,2,5,7,9H2,1H3. The SMILES string of the molecule is CCOC(=O)c1nnn(C2CCOC2)c1-c1cccnc1. The van der Waals surface area contributed by atoms with E-state index in [1.54, 1.807) is 24.0 Å². The molecular weight excluding hydrogens is 272 g/mol.